The minimum absolute atomic E-state index is 0.0183. The summed E-state index contributed by atoms with van der Waals surface area (Å²) in [6.07, 6.45) is 0. The highest BCUT2D eigenvalue weighted by molar-refractivity contribution is 7.99. The van der Waals surface area contributed by atoms with Crippen molar-refractivity contribution in [2.75, 3.05) is 18.2 Å². The maximum atomic E-state index is 12.2. The van der Waals surface area contributed by atoms with Crippen LogP contribution in [-0.4, -0.2) is 43.9 Å². The Morgan fingerprint density at radius 2 is 2.07 bits per heavy atom. The van der Waals surface area contributed by atoms with Crippen molar-refractivity contribution in [1.29, 1.82) is 0 Å². The molecule has 1 amide bonds. The topological polar surface area (TPSA) is 125 Å². The lowest BCUT2D eigenvalue weighted by Gasteiger charge is -2.07. The van der Waals surface area contributed by atoms with Crippen LogP contribution in [0.25, 0.3) is 5.69 Å². The third-order valence-electron chi connectivity index (χ3n) is 3.53. The Hall–Kier alpha value is -3.18. The summed E-state index contributed by atoms with van der Waals surface area (Å²) in [4.78, 5) is 22.5. The van der Waals surface area contributed by atoms with E-state index in [1.54, 1.807) is 31.4 Å². The van der Waals surface area contributed by atoms with Gasteiger partial charge < -0.3 is 10.1 Å². The van der Waals surface area contributed by atoms with Gasteiger partial charge in [-0.1, -0.05) is 23.4 Å². The lowest BCUT2D eigenvalue weighted by molar-refractivity contribution is -0.384. The predicted molar refractivity (Wildman–Crippen MR) is 103 cm³/mol. The summed E-state index contributed by atoms with van der Waals surface area (Å²) in [5.41, 5.74) is 0.697. The summed E-state index contributed by atoms with van der Waals surface area (Å²) in [5.74, 6) is 0.270. The van der Waals surface area contributed by atoms with E-state index >= 15 is 0 Å². The van der Waals surface area contributed by atoms with E-state index in [1.807, 2.05) is 0 Å². The Kier molecular flexibility index (Phi) is 6.06. The molecule has 3 rings (SSSR count). The molecule has 0 aliphatic rings. The highest BCUT2D eigenvalue weighted by Gasteiger charge is 2.15. The quantitative estimate of drug-likeness (QED) is 0.351. The highest BCUT2D eigenvalue weighted by atomic mass is 35.5. The zero-order chi connectivity index (χ0) is 20.1. The molecule has 2 aromatic carbocycles. The van der Waals surface area contributed by atoms with Gasteiger partial charge in [0.25, 0.3) is 5.69 Å². The van der Waals surface area contributed by atoms with Crippen LogP contribution in [0.1, 0.15) is 0 Å². The molecule has 0 spiro atoms. The number of hydrogen-bond acceptors (Lipinski definition) is 8. The van der Waals surface area contributed by atoms with Crippen LogP contribution in [0.2, 0.25) is 5.02 Å². The van der Waals surface area contributed by atoms with E-state index in [4.69, 9.17) is 16.3 Å². The maximum Gasteiger partial charge on any atom is 0.271 e. The Bertz CT molecular complexity index is 1010. The van der Waals surface area contributed by atoms with Crippen LogP contribution in [0.5, 0.6) is 5.75 Å². The minimum Gasteiger partial charge on any atom is -0.497 e. The van der Waals surface area contributed by atoms with Gasteiger partial charge in [-0.25, -0.2) is 0 Å². The maximum absolute atomic E-state index is 12.2. The molecule has 3 aromatic rings. The van der Waals surface area contributed by atoms with Gasteiger partial charge in [-0.15, -0.1) is 5.10 Å². The van der Waals surface area contributed by atoms with Gasteiger partial charge in [-0.3, -0.25) is 14.9 Å². The molecule has 0 atom stereocenters. The number of aromatic nitrogens is 4. The fourth-order valence-corrected chi connectivity index (χ4v) is 3.05. The van der Waals surface area contributed by atoms with E-state index in [0.717, 1.165) is 11.8 Å². The number of nitro groups is 1. The molecule has 0 aliphatic heterocycles. The number of carbonyl (C=O) groups is 1. The molecule has 0 unspecified atom stereocenters. The third-order valence-corrected chi connectivity index (χ3v) is 4.77. The average Bonchev–Trinajstić information content (AvgIpc) is 3.16. The number of methoxy groups -OCH3 is 1. The number of nitro benzene ring substituents is 1. The van der Waals surface area contributed by atoms with Crippen LogP contribution in [0.15, 0.2) is 47.6 Å². The molecule has 0 fully saturated rings. The Morgan fingerprint density at radius 3 is 2.75 bits per heavy atom. The summed E-state index contributed by atoms with van der Waals surface area (Å²) in [6.45, 7) is 0. The highest BCUT2D eigenvalue weighted by Crippen LogP contribution is 2.27. The number of carbonyl (C=O) groups excluding carboxylic acids is 1. The molecule has 1 aromatic heterocycles. The van der Waals surface area contributed by atoms with Crippen molar-refractivity contribution in [1.82, 2.24) is 20.2 Å². The SMILES string of the molecule is COc1ccc(-n2nnnc2SCC(=O)Nc2cc([N+](=O)[O-])ccc2Cl)cc1. The van der Waals surface area contributed by atoms with Gasteiger partial charge in [0.1, 0.15) is 5.75 Å². The summed E-state index contributed by atoms with van der Waals surface area (Å²) in [7, 11) is 1.57. The van der Waals surface area contributed by atoms with Crippen molar-refractivity contribution < 1.29 is 14.5 Å². The van der Waals surface area contributed by atoms with Gasteiger partial charge in [0.05, 0.1) is 34.2 Å². The average molecular weight is 421 g/mol. The fourth-order valence-electron chi connectivity index (χ4n) is 2.19. The van der Waals surface area contributed by atoms with Crippen molar-refractivity contribution in [3.8, 4) is 11.4 Å². The molecular formula is C16H13ClN6O4S. The second-order valence-corrected chi connectivity index (χ2v) is 6.68. The van der Waals surface area contributed by atoms with Gasteiger partial charge in [0.2, 0.25) is 11.1 Å². The molecule has 0 bridgehead atoms. The van der Waals surface area contributed by atoms with Crippen molar-refractivity contribution in [2.24, 2.45) is 0 Å². The number of tetrazole rings is 1. The monoisotopic (exact) mass is 420 g/mol. The van der Waals surface area contributed by atoms with Crippen molar-refractivity contribution in [2.45, 2.75) is 5.16 Å². The van der Waals surface area contributed by atoms with Crippen LogP contribution in [-0.2, 0) is 4.79 Å². The molecule has 1 heterocycles. The first kappa shape index (κ1) is 19.6. The summed E-state index contributed by atoms with van der Waals surface area (Å²) in [5, 5.41) is 25.5. The van der Waals surface area contributed by atoms with E-state index < -0.39 is 10.8 Å². The van der Waals surface area contributed by atoms with E-state index in [-0.39, 0.29) is 22.2 Å². The van der Waals surface area contributed by atoms with Crippen molar-refractivity contribution in [3.05, 3.63) is 57.6 Å². The van der Waals surface area contributed by atoms with Gasteiger partial charge in [0, 0.05) is 12.1 Å². The molecule has 10 nitrogen and oxygen atoms in total. The lowest BCUT2D eigenvalue weighted by atomic mass is 10.3. The van der Waals surface area contributed by atoms with Crippen molar-refractivity contribution in [3.63, 3.8) is 0 Å². The van der Waals surface area contributed by atoms with Gasteiger partial charge in [-0.2, -0.15) is 4.68 Å². The number of nitrogens with zero attached hydrogens (tertiary/aromatic N) is 5. The lowest BCUT2D eigenvalue weighted by Crippen LogP contribution is -2.15. The van der Waals surface area contributed by atoms with E-state index in [9.17, 15) is 14.9 Å². The molecule has 0 saturated carbocycles. The first-order valence-corrected chi connectivity index (χ1v) is 9.13. The zero-order valence-corrected chi connectivity index (χ0v) is 16.0. The standard InChI is InChI=1S/C16H13ClN6O4S/c1-27-12-5-2-10(3-6-12)22-16(19-20-21-22)28-9-15(24)18-14-8-11(23(25)26)4-7-13(14)17/h2-8H,9H2,1H3,(H,18,24). The normalized spacial score (nSPS) is 10.5. The van der Waals surface area contributed by atoms with E-state index in [1.165, 1.54) is 22.9 Å². The predicted octanol–water partition coefficient (Wildman–Crippen LogP) is 2.96. The van der Waals surface area contributed by atoms with Gasteiger partial charge in [0.15, 0.2) is 0 Å². The Morgan fingerprint density at radius 1 is 1.32 bits per heavy atom. The van der Waals surface area contributed by atoms with Gasteiger partial charge >= 0.3 is 0 Å². The second-order valence-electron chi connectivity index (χ2n) is 5.33. The molecule has 28 heavy (non-hydrogen) atoms. The molecule has 12 heteroatoms. The summed E-state index contributed by atoms with van der Waals surface area (Å²) in [6, 6.07) is 10.9. The van der Waals surface area contributed by atoms with Crippen LogP contribution < -0.4 is 10.1 Å². The van der Waals surface area contributed by atoms with Crippen LogP contribution in [0.3, 0.4) is 0 Å². The Balaban J connectivity index is 1.67. The van der Waals surface area contributed by atoms with Crippen LogP contribution in [0.4, 0.5) is 11.4 Å². The molecular weight excluding hydrogens is 408 g/mol. The first-order chi connectivity index (χ1) is 13.5. The number of nitrogens with one attached hydrogen (secondary N) is 1. The number of halogens is 1. The smallest absolute Gasteiger partial charge is 0.271 e. The molecule has 0 aliphatic carbocycles. The number of amides is 1. The number of rotatable bonds is 7. The van der Waals surface area contributed by atoms with Gasteiger partial charge in [-0.05, 0) is 40.8 Å². The molecule has 0 saturated heterocycles. The van der Waals surface area contributed by atoms with E-state index in [0.29, 0.717) is 16.6 Å². The van der Waals surface area contributed by atoms with Crippen LogP contribution in [0, 0.1) is 10.1 Å². The second kappa shape index (κ2) is 8.67. The van der Waals surface area contributed by atoms with Crippen LogP contribution >= 0.6 is 23.4 Å². The number of non-ortho nitro benzene ring substituents is 1. The Labute approximate surface area is 168 Å². The zero-order valence-electron chi connectivity index (χ0n) is 14.4. The number of anilines is 1. The molecule has 0 radical (unpaired) electrons. The van der Waals surface area contributed by atoms with E-state index in [2.05, 4.69) is 20.8 Å². The van der Waals surface area contributed by atoms with Crippen molar-refractivity contribution >= 4 is 40.6 Å². The summed E-state index contributed by atoms with van der Waals surface area (Å²) < 4.78 is 6.60. The number of benzene rings is 2. The number of thioether (sulfide) groups is 1. The number of hydrogen-bond donors (Lipinski definition) is 1. The molecule has 144 valence electrons. The largest absolute Gasteiger partial charge is 0.497 e. The number of ether oxygens (including phenoxy) is 1. The minimum atomic E-state index is -0.566. The first-order valence-electron chi connectivity index (χ1n) is 7.77. The summed E-state index contributed by atoms with van der Waals surface area (Å²) >= 11 is 7.09. The fraction of sp³-hybridized carbons (Fsp3) is 0.125. The molecule has 1 N–H and O–H groups in total. The third kappa shape index (κ3) is 4.56.